The second-order valence-corrected chi connectivity index (χ2v) is 5.71. The predicted molar refractivity (Wildman–Crippen MR) is 91.9 cm³/mol. The van der Waals surface area contributed by atoms with Crippen LogP contribution in [0.3, 0.4) is 0 Å². The summed E-state index contributed by atoms with van der Waals surface area (Å²) in [6, 6.07) is 0. The zero-order chi connectivity index (χ0) is 19.0. The van der Waals surface area contributed by atoms with Gasteiger partial charge < -0.3 is 40.2 Å². The lowest BCUT2D eigenvalue weighted by atomic mass is 10.4. The van der Waals surface area contributed by atoms with Crippen LogP contribution in [0.2, 0.25) is 0 Å². The van der Waals surface area contributed by atoms with Crippen LogP contribution in [0, 0.1) is 0 Å². The van der Waals surface area contributed by atoms with Gasteiger partial charge in [-0.25, -0.2) is 0 Å². The van der Waals surface area contributed by atoms with E-state index in [1.165, 1.54) is 0 Å². The summed E-state index contributed by atoms with van der Waals surface area (Å²) in [5, 5.41) is 0. The van der Waals surface area contributed by atoms with Crippen LogP contribution in [0.4, 0.5) is 0 Å². The molecule has 0 unspecified atom stereocenters. The molecule has 1 saturated heterocycles. The molecule has 0 bridgehead atoms. The first-order chi connectivity index (χ1) is 12.7. The van der Waals surface area contributed by atoms with Crippen LogP contribution in [0.15, 0.2) is 0 Å². The number of hydrogen-bond acceptors (Lipinski definition) is 6. The van der Waals surface area contributed by atoms with Crippen molar-refractivity contribution >= 4 is 11.8 Å². The van der Waals surface area contributed by atoms with Gasteiger partial charge in [0.2, 0.25) is 0 Å². The first-order valence-electron chi connectivity index (χ1n) is 9.14. The Morgan fingerprint density at radius 3 is 1.08 bits per heavy atom. The Labute approximate surface area is 154 Å². The smallest absolute Gasteiger partial charge is 0.277 e. The van der Waals surface area contributed by atoms with Crippen LogP contribution < -0.4 is 11.5 Å². The summed E-state index contributed by atoms with van der Waals surface area (Å²) in [5.41, 5.74) is 7.28. The molecule has 26 heavy (non-hydrogen) atoms. The van der Waals surface area contributed by atoms with E-state index in [1.54, 1.807) is 9.80 Å². The third-order valence-electron chi connectivity index (χ3n) is 3.90. The van der Waals surface area contributed by atoms with Gasteiger partial charge in [-0.15, -0.1) is 0 Å². The molecule has 0 aromatic heterocycles. The van der Waals surface area contributed by atoms with Crippen molar-refractivity contribution in [2.75, 3.05) is 92.1 Å². The van der Waals surface area contributed by atoms with E-state index in [9.17, 15) is 9.59 Å². The topological polar surface area (TPSA) is 133 Å². The molecule has 1 aliphatic rings. The number of rotatable bonds is 2. The Morgan fingerprint density at radius 2 is 0.846 bits per heavy atom. The monoisotopic (exact) mass is 378 g/mol. The van der Waals surface area contributed by atoms with E-state index in [1.807, 2.05) is 0 Å². The van der Waals surface area contributed by atoms with E-state index < -0.39 is 0 Å². The molecule has 1 aliphatic heterocycles. The van der Waals surface area contributed by atoms with Crippen LogP contribution >= 0.6 is 0 Å². The predicted octanol–water partition coefficient (Wildman–Crippen LogP) is -3.79. The molecule has 1 rings (SSSR count). The van der Waals surface area contributed by atoms with Gasteiger partial charge in [0.25, 0.3) is 11.8 Å². The minimum Gasteiger partial charge on any atom is -0.377 e. The molecule has 10 heteroatoms. The fourth-order valence-electron chi connectivity index (χ4n) is 2.38. The third-order valence-corrected chi connectivity index (χ3v) is 3.90. The average Bonchev–Trinajstić information content (AvgIpc) is 2.66. The summed E-state index contributed by atoms with van der Waals surface area (Å²) in [7, 11) is 0. The van der Waals surface area contributed by atoms with Gasteiger partial charge in [-0.3, -0.25) is 9.59 Å². The Morgan fingerprint density at radius 1 is 0.577 bits per heavy atom. The van der Waals surface area contributed by atoms with Crippen molar-refractivity contribution in [3.63, 3.8) is 0 Å². The zero-order valence-corrected chi connectivity index (χ0v) is 15.7. The molecule has 0 radical (unpaired) electrons. The molecule has 1 heterocycles. The largest absolute Gasteiger partial charge is 0.377 e. The van der Waals surface area contributed by atoms with Gasteiger partial charge in [-0.2, -0.15) is 0 Å². The summed E-state index contributed by atoms with van der Waals surface area (Å²) in [5.74, 6) is -0.0384. The summed E-state index contributed by atoms with van der Waals surface area (Å²) in [6.45, 7) is 5.93. The summed E-state index contributed by atoms with van der Waals surface area (Å²) < 4.78 is 22.0. The maximum atomic E-state index is 11.9. The molecule has 2 amide bonds. The summed E-state index contributed by atoms with van der Waals surface area (Å²) in [6.07, 6.45) is 0. The van der Waals surface area contributed by atoms with Gasteiger partial charge in [0, 0.05) is 26.2 Å². The second-order valence-electron chi connectivity index (χ2n) is 5.71. The zero-order valence-electron chi connectivity index (χ0n) is 15.7. The van der Waals surface area contributed by atoms with Crippen molar-refractivity contribution in [2.24, 2.45) is 0 Å². The highest BCUT2D eigenvalue weighted by Crippen LogP contribution is 1.94. The van der Waals surface area contributed by atoms with Crippen molar-refractivity contribution in [3.8, 4) is 0 Å². The van der Waals surface area contributed by atoms with E-state index in [2.05, 4.69) is 11.5 Å². The summed E-state index contributed by atoms with van der Waals surface area (Å²) >= 11 is 0. The number of nitrogens with zero attached hydrogens (tertiary/aromatic N) is 2. The van der Waals surface area contributed by atoms with Gasteiger partial charge in [0.1, 0.15) is 0 Å². The van der Waals surface area contributed by atoms with Crippen LogP contribution in [-0.2, 0) is 28.5 Å². The second kappa shape index (κ2) is 14.8. The number of ether oxygens (including phenoxy) is 4. The quantitative estimate of drug-likeness (QED) is 0.506. The molecular weight excluding hydrogens is 344 g/mol. The normalized spacial score (nSPS) is 20.2. The maximum Gasteiger partial charge on any atom is 0.277 e. The Kier molecular flexibility index (Phi) is 13.0. The third kappa shape index (κ3) is 10.00. The minimum absolute atomic E-state index is 0.0192. The van der Waals surface area contributed by atoms with Crippen LogP contribution in [0.1, 0.15) is 0 Å². The maximum absolute atomic E-state index is 11.9. The number of carbonyl (C=O) groups excluding carboxylic acids is 2. The van der Waals surface area contributed by atoms with Crippen molar-refractivity contribution in [1.29, 1.82) is 0 Å². The molecule has 10 nitrogen and oxygen atoms in total. The van der Waals surface area contributed by atoms with Gasteiger partial charge in [0.05, 0.1) is 52.9 Å². The van der Waals surface area contributed by atoms with Crippen LogP contribution in [-0.4, -0.2) is 114 Å². The standard InChI is InChI=1S/C16H32N4O6/c17-13-15(21)19-1-5-23-9-10-25-7-3-20(16(22)14-18)4-8-26-12-11-24-6-2-19/h1-14,17-18H2/p+2. The lowest BCUT2D eigenvalue weighted by Gasteiger charge is -2.22. The van der Waals surface area contributed by atoms with Crippen LogP contribution in [0.5, 0.6) is 0 Å². The molecule has 0 aliphatic carbocycles. The van der Waals surface area contributed by atoms with Gasteiger partial charge in [-0.05, 0) is 0 Å². The van der Waals surface area contributed by atoms with E-state index in [4.69, 9.17) is 18.9 Å². The van der Waals surface area contributed by atoms with Gasteiger partial charge >= 0.3 is 0 Å². The molecule has 0 atom stereocenters. The Balaban J connectivity index is 2.43. The highest BCUT2D eigenvalue weighted by atomic mass is 16.5. The Hall–Kier alpha value is -1.30. The number of quaternary nitrogens is 2. The van der Waals surface area contributed by atoms with Crippen molar-refractivity contribution in [2.45, 2.75) is 0 Å². The van der Waals surface area contributed by atoms with E-state index in [-0.39, 0.29) is 24.9 Å². The van der Waals surface area contributed by atoms with E-state index >= 15 is 0 Å². The lowest BCUT2D eigenvalue weighted by Crippen LogP contribution is -2.58. The molecule has 6 N–H and O–H groups in total. The van der Waals surface area contributed by atoms with Gasteiger partial charge in [0.15, 0.2) is 13.1 Å². The molecule has 152 valence electrons. The number of amides is 2. The average molecular weight is 378 g/mol. The molecule has 0 saturated carbocycles. The first-order valence-corrected chi connectivity index (χ1v) is 9.14. The van der Waals surface area contributed by atoms with Crippen molar-refractivity contribution < 1.29 is 40.0 Å². The van der Waals surface area contributed by atoms with Crippen LogP contribution in [0.25, 0.3) is 0 Å². The fraction of sp³-hybridized carbons (Fsp3) is 0.875. The summed E-state index contributed by atoms with van der Waals surface area (Å²) in [4.78, 5) is 27.1. The number of carbonyl (C=O) groups is 2. The van der Waals surface area contributed by atoms with Gasteiger partial charge in [-0.1, -0.05) is 0 Å². The van der Waals surface area contributed by atoms with E-state index in [0.29, 0.717) is 79.0 Å². The molecule has 0 aromatic carbocycles. The highest BCUT2D eigenvalue weighted by Gasteiger charge is 2.14. The minimum atomic E-state index is -0.0192. The van der Waals surface area contributed by atoms with Crippen molar-refractivity contribution in [1.82, 2.24) is 9.80 Å². The lowest BCUT2D eigenvalue weighted by molar-refractivity contribution is -0.357. The fourth-order valence-corrected chi connectivity index (χ4v) is 2.38. The molecule has 0 spiro atoms. The van der Waals surface area contributed by atoms with Crippen molar-refractivity contribution in [3.05, 3.63) is 0 Å². The highest BCUT2D eigenvalue weighted by molar-refractivity contribution is 5.77. The molecule has 1 fully saturated rings. The molecular formula is C16H34N4O6+2. The Bertz CT molecular complexity index is 343. The SMILES string of the molecule is [NH3+]CC(=O)N1CCOCCOCCN(C(=O)C[NH3+])CCOCCOCC1. The molecule has 0 aromatic rings. The number of hydrogen-bond donors (Lipinski definition) is 2. The van der Waals surface area contributed by atoms with E-state index in [0.717, 1.165) is 0 Å². The first kappa shape index (κ1) is 22.7.